The van der Waals surface area contributed by atoms with Crippen LogP contribution < -0.4 is 10.6 Å². The number of hydrogen-bond acceptors (Lipinski definition) is 9. The molecule has 4 aromatic rings. The van der Waals surface area contributed by atoms with Gasteiger partial charge in [-0.2, -0.15) is 0 Å². The fraction of sp³-hybridized carbons (Fsp3) is 0.382. The Bertz CT molecular complexity index is 1460. The molecule has 3 unspecified atom stereocenters. The molecule has 10 nitrogen and oxygen atoms in total. The standard InChI is InChI=1S/C34H41N5O5S2/c1-39(20-29-18-35-23-45-29)33(41)38-31(22-43-2)32(40)17-27(15-25-9-5-3-6-10-25)13-14-28(16-26-11-7-4-8-12-26)37-34(42)44-21-30-19-36-24-46-30/h3-12,18-19,23-24,27-28,31H,13-17,20-22H2,1-2H3,(H,37,42)(H,38,41). The highest BCUT2D eigenvalue weighted by molar-refractivity contribution is 7.09. The molecular weight excluding hydrogens is 623 g/mol. The van der Waals surface area contributed by atoms with Gasteiger partial charge in [0.15, 0.2) is 5.78 Å². The number of nitrogens with one attached hydrogen (secondary N) is 2. The molecule has 0 aliphatic rings. The Morgan fingerprint density at radius 1 is 0.848 bits per heavy atom. The number of benzene rings is 2. The smallest absolute Gasteiger partial charge is 0.407 e. The lowest BCUT2D eigenvalue weighted by molar-refractivity contribution is -0.123. The van der Waals surface area contributed by atoms with Gasteiger partial charge in [0.2, 0.25) is 0 Å². The molecule has 0 bridgehead atoms. The van der Waals surface area contributed by atoms with E-state index in [9.17, 15) is 14.4 Å². The van der Waals surface area contributed by atoms with Crippen molar-refractivity contribution < 1.29 is 23.9 Å². The number of ether oxygens (including phenoxy) is 2. The first kappa shape index (κ1) is 34.7. The van der Waals surface area contributed by atoms with Crippen LogP contribution in [-0.2, 0) is 40.3 Å². The summed E-state index contributed by atoms with van der Waals surface area (Å²) in [6, 6.07) is 18.7. The molecule has 0 spiro atoms. The highest BCUT2D eigenvalue weighted by Gasteiger charge is 2.26. The van der Waals surface area contributed by atoms with Crippen LogP contribution in [0.15, 0.2) is 84.1 Å². The zero-order chi connectivity index (χ0) is 32.6. The van der Waals surface area contributed by atoms with Gasteiger partial charge in [0.05, 0.1) is 29.0 Å². The summed E-state index contributed by atoms with van der Waals surface area (Å²) in [5.74, 6) is -0.131. The number of ketones is 1. The summed E-state index contributed by atoms with van der Waals surface area (Å²) < 4.78 is 10.8. The molecule has 0 aliphatic carbocycles. The maximum Gasteiger partial charge on any atom is 0.407 e. The van der Waals surface area contributed by atoms with Crippen molar-refractivity contribution in [1.29, 1.82) is 0 Å². The third-order valence-corrected chi connectivity index (χ3v) is 9.02. The lowest BCUT2D eigenvalue weighted by Gasteiger charge is -2.25. The van der Waals surface area contributed by atoms with E-state index in [4.69, 9.17) is 9.47 Å². The van der Waals surface area contributed by atoms with Gasteiger partial charge in [-0.1, -0.05) is 60.7 Å². The van der Waals surface area contributed by atoms with Crippen molar-refractivity contribution in [2.45, 2.75) is 57.3 Å². The summed E-state index contributed by atoms with van der Waals surface area (Å²) in [5, 5.41) is 5.92. The van der Waals surface area contributed by atoms with Crippen LogP contribution in [0.1, 0.15) is 40.1 Å². The van der Waals surface area contributed by atoms with Gasteiger partial charge < -0.3 is 25.0 Å². The van der Waals surface area contributed by atoms with Crippen molar-refractivity contribution >= 4 is 40.6 Å². The molecule has 2 aromatic heterocycles. The van der Waals surface area contributed by atoms with Crippen molar-refractivity contribution in [2.24, 2.45) is 5.92 Å². The number of thiazole rings is 2. The van der Waals surface area contributed by atoms with Crippen molar-refractivity contribution in [2.75, 3.05) is 20.8 Å². The van der Waals surface area contributed by atoms with Crippen LogP contribution in [0.5, 0.6) is 0 Å². The number of amides is 3. The predicted octanol–water partition coefficient (Wildman–Crippen LogP) is 5.89. The van der Waals surface area contributed by atoms with E-state index in [-0.39, 0.29) is 43.4 Å². The zero-order valence-electron chi connectivity index (χ0n) is 26.2. The Balaban J connectivity index is 1.42. The molecule has 3 atom stereocenters. The van der Waals surface area contributed by atoms with Gasteiger partial charge >= 0.3 is 12.1 Å². The fourth-order valence-electron chi connectivity index (χ4n) is 5.14. The molecule has 0 saturated carbocycles. The number of urea groups is 1. The number of rotatable bonds is 18. The van der Waals surface area contributed by atoms with E-state index < -0.39 is 12.1 Å². The van der Waals surface area contributed by atoms with E-state index in [1.807, 2.05) is 48.5 Å². The van der Waals surface area contributed by atoms with Gasteiger partial charge in [-0.15, -0.1) is 22.7 Å². The van der Waals surface area contributed by atoms with Gasteiger partial charge in [0.1, 0.15) is 12.6 Å². The Kier molecular flexibility index (Phi) is 14.2. The molecule has 0 fully saturated rings. The van der Waals surface area contributed by atoms with Gasteiger partial charge in [-0.25, -0.2) is 9.59 Å². The van der Waals surface area contributed by atoms with Gasteiger partial charge in [-0.3, -0.25) is 14.8 Å². The van der Waals surface area contributed by atoms with E-state index in [1.54, 1.807) is 30.5 Å². The molecule has 2 heterocycles. The minimum Gasteiger partial charge on any atom is -0.444 e. The van der Waals surface area contributed by atoms with Crippen LogP contribution in [0.3, 0.4) is 0 Å². The van der Waals surface area contributed by atoms with Crippen molar-refractivity contribution in [3.05, 3.63) is 105 Å². The highest BCUT2D eigenvalue weighted by Crippen LogP contribution is 2.22. The Morgan fingerprint density at radius 3 is 2.09 bits per heavy atom. The van der Waals surface area contributed by atoms with Crippen LogP contribution in [0, 0.1) is 5.92 Å². The molecule has 4 rings (SSSR count). The number of carbonyl (C=O) groups is 3. The summed E-state index contributed by atoms with van der Waals surface area (Å²) in [6.07, 6.45) is 5.77. The molecule has 3 amide bonds. The second-order valence-electron chi connectivity index (χ2n) is 11.2. The average molecular weight is 664 g/mol. The molecule has 0 radical (unpaired) electrons. The van der Waals surface area contributed by atoms with Crippen molar-refractivity contribution in [3.63, 3.8) is 0 Å². The average Bonchev–Trinajstić information content (AvgIpc) is 3.78. The quantitative estimate of drug-likeness (QED) is 0.136. The van der Waals surface area contributed by atoms with Crippen LogP contribution in [0.25, 0.3) is 0 Å². The number of carbonyl (C=O) groups excluding carboxylic acids is 3. The lowest BCUT2D eigenvalue weighted by Crippen LogP contribution is -2.49. The molecule has 2 aromatic carbocycles. The molecule has 2 N–H and O–H groups in total. The summed E-state index contributed by atoms with van der Waals surface area (Å²) in [5.41, 5.74) is 5.63. The number of nitrogens with zero attached hydrogens (tertiary/aromatic N) is 3. The van der Waals surface area contributed by atoms with Crippen molar-refractivity contribution in [3.8, 4) is 0 Å². The third-order valence-electron chi connectivity index (χ3n) is 7.50. The Morgan fingerprint density at radius 2 is 1.48 bits per heavy atom. The second kappa shape index (κ2) is 18.7. The Hall–Kier alpha value is -4.13. The maximum absolute atomic E-state index is 13.7. The summed E-state index contributed by atoms with van der Waals surface area (Å²) in [4.78, 5) is 50.9. The van der Waals surface area contributed by atoms with E-state index in [1.165, 1.54) is 34.7 Å². The van der Waals surface area contributed by atoms with Crippen LogP contribution in [0.2, 0.25) is 0 Å². The fourth-order valence-corrected chi connectivity index (χ4v) is 6.29. The lowest BCUT2D eigenvalue weighted by atomic mass is 9.86. The number of alkyl carbamates (subject to hydrolysis) is 1. The zero-order valence-corrected chi connectivity index (χ0v) is 27.8. The number of aromatic nitrogens is 2. The highest BCUT2D eigenvalue weighted by atomic mass is 32.1. The normalized spacial score (nSPS) is 12.9. The summed E-state index contributed by atoms with van der Waals surface area (Å²) >= 11 is 2.90. The maximum atomic E-state index is 13.7. The van der Waals surface area contributed by atoms with Gasteiger partial charge in [0.25, 0.3) is 0 Å². The monoisotopic (exact) mass is 663 g/mol. The second-order valence-corrected chi connectivity index (χ2v) is 13.1. The molecular formula is C34H41N5O5S2. The minimum absolute atomic E-state index is 0.0330. The number of hydrogen-bond donors (Lipinski definition) is 2. The Labute approximate surface area is 278 Å². The van der Waals surface area contributed by atoms with E-state index in [2.05, 4.69) is 32.7 Å². The van der Waals surface area contributed by atoms with Crippen LogP contribution in [-0.4, -0.2) is 65.6 Å². The number of Topliss-reactive ketones (excluding diaryl/α,β-unsaturated/α-hetero) is 1. The predicted molar refractivity (Wildman–Crippen MR) is 180 cm³/mol. The van der Waals surface area contributed by atoms with Crippen LogP contribution in [0.4, 0.5) is 9.59 Å². The van der Waals surface area contributed by atoms with Crippen molar-refractivity contribution in [1.82, 2.24) is 25.5 Å². The molecule has 244 valence electrons. The minimum atomic E-state index is -0.792. The third kappa shape index (κ3) is 12.0. The summed E-state index contributed by atoms with van der Waals surface area (Å²) in [7, 11) is 3.20. The summed E-state index contributed by atoms with van der Waals surface area (Å²) in [6.45, 7) is 0.621. The first-order valence-corrected chi connectivity index (χ1v) is 16.9. The van der Waals surface area contributed by atoms with Gasteiger partial charge in [-0.05, 0) is 42.7 Å². The molecule has 0 saturated heterocycles. The first-order chi connectivity index (χ1) is 22.4. The number of methoxy groups -OCH3 is 1. The molecule has 12 heteroatoms. The SMILES string of the molecule is COCC(NC(=O)N(C)Cc1cncs1)C(=O)CC(CCC(Cc1ccccc1)NC(=O)OCc1cncs1)Cc1ccccc1. The molecule has 46 heavy (non-hydrogen) atoms. The van der Waals surface area contributed by atoms with Crippen LogP contribution >= 0.6 is 22.7 Å². The van der Waals surface area contributed by atoms with E-state index >= 15 is 0 Å². The topological polar surface area (TPSA) is 123 Å². The largest absolute Gasteiger partial charge is 0.444 e. The van der Waals surface area contributed by atoms with E-state index in [0.717, 1.165) is 20.9 Å². The van der Waals surface area contributed by atoms with E-state index in [0.29, 0.717) is 32.2 Å². The van der Waals surface area contributed by atoms with Gasteiger partial charge in [0, 0.05) is 43.9 Å². The first-order valence-electron chi connectivity index (χ1n) is 15.2. The molecule has 0 aliphatic heterocycles.